The van der Waals surface area contributed by atoms with Crippen molar-refractivity contribution in [3.05, 3.63) is 0 Å². The van der Waals surface area contributed by atoms with E-state index in [1.165, 1.54) is 0 Å². The molecule has 1 heterocycles. The monoisotopic (exact) mass is 157 g/mol. The second-order valence-corrected chi connectivity index (χ2v) is 4.39. The van der Waals surface area contributed by atoms with Crippen molar-refractivity contribution in [2.75, 3.05) is 13.1 Å². The Balaban J connectivity index is 2.39. The largest absolute Gasteiger partial charge is 0.393 e. The van der Waals surface area contributed by atoms with Gasteiger partial charge in [-0.1, -0.05) is 0 Å². The third-order valence-corrected chi connectivity index (χ3v) is 2.41. The summed E-state index contributed by atoms with van der Waals surface area (Å²) in [4.78, 5) is 2.43. The molecule has 1 aliphatic heterocycles. The van der Waals surface area contributed by atoms with Crippen LogP contribution in [0.1, 0.15) is 33.6 Å². The van der Waals surface area contributed by atoms with Crippen molar-refractivity contribution in [2.45, 2.75) is 45.3 Å². The fraction of sp³-hybridized carbons (Fsp3) is 1.00. The summed E-state index contributed by atoms with van der Waals surface area (Å²) in [5.74, 6) is 0. The Bertz CT molecular complexity index is 120. The zero-order valence-corrected chi connectivity index (χ0v) is 7.80. The van der Waals surface area contributed by atoms with Crippen LogP contribution in [0.15, 0.2) is 0 Å². The zero-order valence-electron chi connectivity index (χ0n) is 7.80. The quantitative estimate of drug-likeness (QED) is 0.572. The first-order valence-corrected chi connectivity index (χ1v) is 4.43. The minimum atomic E-state index is -0.0476. The summed E-state index contributed by atoms with van der Waals surface area (Å²) in [7, 11) is 0. The van der Waals surface area contributed by atoms with E-state index in [-0.39, 0.29) is 11.6 Å². The Morgan fingerprint density at radius 1 is 1.18 bits per heavy atom. The number of piperidine rings is 1. The topological polar surface area (TPSA) is 23.5 Å². The van der Waals surface area contributed by atoms with Crippen molar-refractivity contribution in [2.24, 2.45) is 0 Å². The van der Waals surface area contributed by atoms with Gasteiger partial charge in [-0.15, -0.1) is 0 Å². The molecule has 0 aliphatic carbocycles. The van der Waals surface area contributed by atoms with Crippen molar-refractivity contribution in [3.8, 4) is 0 Å². The van der Waals surface area contributed by atoms with Gasteiger partial charge >= 0.3 is 0 Å². The molecule has 0 unspecified atom stereocenters. The van der Waals surface area contributed by atoms with Crippen LogP contribution in [0.2, 0.25) is 0 Å². The molecule has 0 spiro atoms. The van der Waals surface area contributed by atoms with Gasteiger partial charge in [-0.05, 0) is 33.6 Å². The highest BCUT2D eigenvalue weighted by Crippen LogP contribution is 2.19. The van der Waals surface area contributed by atoms with Gasteiger partial charge in [-0.25, -0.2) is 0 Å². The minimum absolute atomic E-state index is 0.0476. The summed E-state index contributed by atoms with van der Waals surface area (Å²) in [6, 6.07) is 0. The lowest BCUT2D eigenvalue weighted by atomic mass is 10.00. The molecule has 0 amide bonds. The number of nitrogens with zero attached hydrogens (tertiary/aromatic N) is 1. The first-order valence-electron chi connectivity index (χ1n) is 4.43. The fourth-order valence-electron chi connectivity index (χ4n) is 1.54. The van der Waals surface area contributed by atoms with E-state index in [1.54, 1.807) is 0 Å². The lowest BCUT2D eigenvalue weighted by Gasteiger charge is -2.39. The van der Waals surface area contributed by atoms with Crippen molar-refractivity contribution >= 4 is 0 Å². The van der Waals surface area contributed by atoms with Gasteiger partial charge in [0.15, 0.2) is 0 Å². The van der Waals surface area contributed by atoms with E-state index in [0.29, 0.717) is 0 Å². The summed E-state index contributed by atoms with van der Waals surface area (Å²) in [6.45, 7) is 8.77. The number of rotatable bonds is 0. The molecule has 0 aromatic carbocycles. The van der Waals surface area contributed by atoms with Gasteiger partial charge < -0.3 is 5.11 Å². The van der Waals surface area contributed by atoms with E-state index in [1.807, 2.05) is 0 Å². The highest BCUT2D eigenvalue weighted by Gasteiger charge is 2.25. The molecule has 66 valence electrons. The van der Waals surface area contributed by atoms with Gasteiger partial charge in [-0.3, -0.25) is 4.90 Å². The number of aliphatic hydroxyl groups is 1. The zero-order chi connectivity index (χ0) is 8.48. The maximum Gasteiger partial charge on any atom is 0.0564 e. The molecular weight excluding hydrogens is 138 g/mol. The molecule has 1 N–H and O–H groups in total. The van der Waals surface area contributed by atoms with Crippen molar-refractivity contribution in [1.82, 2.24) is 4.90 Å². The van der Waals surface area contributed by atoms with Crippen LogP contribution >= 0.6 is 0 Å². The van der Waals surface area contributed by atoms with Gasteiger partial charge in [0.2, 0.25) is 0 Å². The number of likely N-dealkylation sites (tertiary alicyclic amines) is 1. The summed E-state index contributed by atoms with van der Waals surface area (Å²) >= 11 is 0. The van der Waals surface area contributed by atoms with E-state index >= 15 is 0 Å². The average Bonchev–Trinajstić information content (AvgIpc) is 1.86. The number of hydrogen-bond acceptors (Lipinski definition) is 2. The molecule has 1 saturated heterocycles. The minimum Gasteiger partial charge on any atom is -0.393 e. The van der Waals surface area contributed by atoms with Crippen molar-refractivity contribution in [3.63, 3.8) is 0 Å². The SMILES string of the molecule is CC(C)(C)N1CCC(O)CC1. The Labute approximate surface area is 69.2 Å². The molecule has 2 heteroatoms. The summed E-state index contributed by atoms with van der Waals surface area (Å²) in [5.41, 5.74) is 0.278. The van der Waals surface area contributed by atoms with Gasteiger partial charge in [0.25, 0.3) is 0 Å². The summed E-state index contributed by atoms with van der Waals surface area (Å²) in [5, 5.41) is 9.27. The predicted molar refractivity (Wildman–Crippen MR) is 46.6 cm³/mol. The van der Waals surface area contributed by atoms with E-state index in [2.05, 4.69) is 25.7 Å². The van der Waals surface area contributed by atoms with Crippen LogP contribution in [-0.2, 0) is 0 Å². The number of aliphatic hydroxyl groups excluding tert-OH is 1. The Kier molecular flexibility index (Phi) is 2.55. The third-order valence-electron chi connectivity index (χ3n) is 2.41. The predicted octanol–water partition coefficient (Wildman–Crippen LogP) is 1.24. The lowest BCUT2D eigenvalue weighted by Crippen LogP contribution is -2.47. The van der Waals surface area contributed by atoms with Crippen LogP contribution in [0.5, 0.6) is 0 Å². The average molecular weight is 157 g/mol. The molecule has 1 aliphatic rings. The van der Waals surface area contributed by atoms with E-state index < -0.39 is 0 Å². The van der Waals surface area contributed by atoms with Crippen LogP contribution < -0.4 is 0 Å². The highest BCUT2D eigenvalue weighted by molar-refractivity contribution is 4.81. The van der Waals surface area contributed by atoms with Gasteiger partial charge in [0.1, 0.15) is 0 Å². The first-order chi connectivity index (χ1) is 5.00. The second-order valence-electron chi connectivity index (χ2n) is 4.39. The normalized spacial score (nSPS) is 24.0. The molecule has 1 fully saturated rings. The standard InChI is InChI=1S/C9H19NO/c1-9(2,3)10-6-4-8(11)5-7-10/h8,11H,4-7H2,1-3H3. The molecule has 0 atom stereocenters. The third kappa shape index (κ3) is 2.46. The van der Waals surface area contributed by atoms with Crippen molar-refractivity contribution in [1.29, 1.82) is 0 Å². The maximum atomic E-state index is 9.27. The van der Waals surface area contributed by atoms with Gasteiger partial charge in [0, 0.05) is 18.6 Å². The summed E-state index contributed by atoms with van der Waals surface area (Å²) < 4.78 is 0. The summed E-state index contributed by atoms with van der Waals surface area (Å²) in [6.07, 6.45) is 1.84. The van der Waals surface area contributed by atoms with E-state index in [4.69, 9.17) is 0 Å². The fourth-order valence-corrected chi connectivity index (χ4v) is 1.54. The molecule has 0 bridgehead atoms. The Morgan fingerprint density at radius 3 is 2.00 bits per heavy atom. The molecule has 11 heavy (non-hydrogen) atoms. The Morgan fingerprint density at radius 2 is 1.64 bits per heavy atom. The van der Waals surface area contributed by atoms with Crippen LogP contribution in [-0.4, -0.2) is 34.7 Å². The molecular formula is C9H19NO. The van der Waals surface area contributed by atoms with E-state index in [0.717, 1.165) is 25.9 Å². The lowest BCUT2D eigenvalue weighted by molar-refractivity contribution is 0.0378. The molecule has 1 rings (SSSR count). The van der Waals surface area contributed by atoms with Crippen LogP contribution in [0.25, 0.3) is 0 Å². The van der Waals surface area contributed by atoms with Crippen LogP contribution in [0.3, 0.4) is 0 Å². The van der Waals surface area contributed by atoms with Crippen LogP contribution in [0.4, 0.5) is 0 Å². The van der Waals surface area contributed by atoms with Gasteiger partial charge in [-0.2, -0.15) is 0 Å². The maximum absolute atomic E-state index is 9.27. The molecule has 0 radical (unpaired) electrons. The Hall–Kier alpha value is -0.0800. The second kappa shape index (κ2) is 3.11. The van der Waals surface area contributed by atoms with Gasteiger partial charge in [0.05, 0.1) is 6.10 Å². The molecule has 0 aromatic heterocycles. The van der Waals surface area contributed by atoms with Crippen LogP contribution in [0, 0.1) is 0 Å². The molecule has 2 nitrogen and oxygen atoms in total. The van der Waals surface area contributed by atoms with E-state index in [9.17, 15) is 5.11 Å². The molecule has 0 saturated carbocycles. The number of hydrogen-bond donors (Lipinski definition) is 1. The highest BCUT2D eigenvalue weighted by atomic mass is 16.3. The smallest absolute Gasteiger partial charge is 0.0564 e. The first kappa shape index (κ1) is 9.01. The van der Waals surface area contributed by atoms with Crippen molar-refractivity contribution < 1.29 is 5.11 Å². The molecule has 0 aromatic rings.